The first kappa shape index (κ1) is 14.0. The van der Waals surface area contributed by atoms with Gasteiger partial charge in [-0.2, -0.15) is 0 Å². The Morgan fingerprint density at radius 2 is 1.12 bits per heavy atom. The maximum absolute atomic E-state index is 11.2. The first-order valence-corrected chi connectivity index (χ1v) is 6.18. The molecule has 0 aliphatic carbocycles. The second-order valence-corrected chi connectivity index (χ2v) is 3.97. The molecule has 0 aromatic heterocycles. The Labute approximate surface area is 101 Å². The van der Waals surface area contributed by atoms with E-state index in [1.807, 2.05) is 0 Å². The Morgan fingerprint density at radius 3 is 1.59 bits per heavy atom. The molecule has 0 atom stereocenters. The molecule has 0 amide bonds. The zero-order chi connectivity index (χ0) is 12.3. The van der Waals surface area contributed by atoms with E-state index in [-0.39, 0.29) is 25.2 Å². The quantitative estimate of drug-likeness (QED) is 0.603. The van der Waals surface area contributed by atoms with Gasteiger partial charge in [0, 0.05) is 12.8 Å². The largest absolute Gasteiger partial charge is 0.463 e. The van der Waals surface area contributed by atoms with E-state index >= 15 is 0 Å². The van der Waals surface area contributed by atoms with Crippen molar-refractivity contribution in [2.75, 3.05) is 26.4 Å². The zero-order valence-corrected chi connectivity index (χ0v) is 10.1. The molecule has 0 aromatic carbocycles. The Kier molecular flexibility index (Phi) is 7.38. The second kappa shape index (κ2) is 8.98. The SMILES string of the molecule is O=C1CCCCCCC(=O)OCCOCCO1. The van der Waals surface area contributed by atoms with E-state index in [1.165, 1.54) is 0 Å². The van der Waals surface area contributed by atoms with Crippen molar-refractivity contribution in [1.82, 2.24) is 0 Å². The lowest BCUT2D eigenvalue weighted by Crippen LogP contribution is -2.14. The Bertz CT molecular complexity index is 215. The molecular formula is C12H20O5. The zero-order valence-electron chi connectivity index (χ0n) is 10.1. The Balaban J connectivity index is 2.23. The first-order chi connectivity index (χ1) is 8.29. The molecule has 1 aliphatic heterocycles. The van der Waals surface area contributed by atoms with E-state index < -0.39 is 0 Å². The predicted molar refractivity (Wildman–Crippen MR) is 60.4 cm³/mol. The summed E-state index contributed by atoms with van der Waals surface area (Å²) in [5, 5.41) is 0. The number of rotatable bonds is 0. The molecule has 0 radical (unpaired) electrons. The van der Waals surface area contributed by atoms with Crippen LogP contribution in [0, 0.1) is 0 Å². The van der Waals surface area contributed by atoms with Gasteiger partial charge in [-0.3, -0.25) is 9.59 Å². The average Bonchev–Trinajstić information content (AvgIpc) is 2.32. The fourth-order valence-electron chi connectivity index (χ4n) is 1.57. The number of ether oxygens (including phenoxy) is 3. The molecule has 0 unspecified atom stereocenters. The highest BCUT2D eigenvalue weighted by Gasteiger charge is 2.06. The van der Waals surface area contributed by atoms with Gasteiger partial charge in [0.2, 0.25) is 0 Å². The van der Waals surface area contributed by atoms with Gasteiger partial charge in [-0.1, -0.05) is 12.8 Å². The van der Waals surface area contributed by atoms with Crippen LogP contribution in [0.3, 0.4) is 0 Å². The fraction of sp³-hybridized carbons (Fsp3) is 0.833. The van der Waals surface area contributed by atoms with Crippen molar-refractivity contribution in [2.45, 2.75) is 38.5 Å². The third-order valence-corrected chi connectivity index (χ3v) is 2.49. The van der Waals surface area contributed by atoms with E-state index in [0.29, 0.717) is 26.1 Å². The van der Waals surface area contributed by atoms with Crippen LogP contribution >= 0.6 is 0 Å². The van der Waals surface area contributed by atoms with Crippen molar-refractivity contribution in [2.24, 2.45) is 0 Å². The molecule has 98 valence electrons. The normalized spacial score (nSPS) is 21.9. The number of carbonyl (C=O) groups is 2. The third kappa shape index (κ3) is 7.74. The van der Waals surface area contributed by atoms with Crippen molar-refractivity contribution in [3.05, 3.63) is 0 Å². The van der Waals surface area contributed by atoms with Crippen LogP contribution in [0.15, 0.2) is 0 Å². The number of hydrogen-bond donors (Lipinski definition) is 0. The molecule has 1 saturated heterocycles. The van der Waals surface area contributed by atoms with Crippen LogP contribution in [0.1, 0.15) is 38.5 Å². The number of cyclic esters (lactones) is 2. The molecule has 5 nitrogen and oxygen atoms in total. The van der Waals surface area contributed by atoms with Crippen LogP contribution in [0.2, 0.25) is 0 Å². The lowest BCUT2D eigenvalue weighted by molar-refractivity contribution is -0.146. The highest BCUT2D eigenvalue weighted by atomic mass is 16.6. The number of hydrogen-bond acceptors (Lipinski definition) is 5. The number of carbonyl (C=O) groups excluding carboxylic acids is 2. The Morgan fingerprint density at radius 1 is 0.647 bits per heavy atom. The van der Waals surface area contributed by atoms with Crippen molar-refractivity contribution in [3.8, 4) is 0 Å². The minimum absolute atomic E-state index is 0.171. The maximum atomic E-state index is 11.2. The van der Waals surface area contributed by atoms with Gasteiger partial charge in [-0.25, -0.2) is 0 Å². The molecule has 5 heteroatoms. The summed E-state index contributed by atoms with van der Waals surface area (Å²) in [4.78, 5) is 22.4. The average molecular weight is 244 g/mol. The lowest BCUT2D eigenvalue weighted by atomic mass is 10.1. The monoisotopic (exact) mass is 244 g/mol. The van der Waals surface area contributed by atoms with E-state index in [1.54, 1.807) is 0 Å². The molecule has 0 N–H and O–H groups in total. The fourth-order valence-corrected chi connectivity index (χ4v) is 1.57. The molecule has 1 heterocycles. The summed E-state index contributed by atoms with van der Waals surface area (Å²) in [5.74, 6) is -0.341. The minimum Gasteiger partial charge on any atom is -0.463 e. The van der Waals surface area contributed by atoms with Crippen molar-refractivity contribution >= 4 is 11.9 Å². The first-order valence-electron chi connectivity index (χ1n) is 6.18. The minimum atomic E-state index is -0.171. The molecule has 0 saturated carbocycles. The maximum Gasteiger partial charge on any atom is 0.305 e. The molecule has 1 aliphatic rings. The summed E-state index contributed by atoms with van der Waals surface area (Å²) in [6, 6.07) is 0. The van der Waals surface area contributed by atoms with Crippen LogP contribution in [0.25, 0.3) is 0 Å². The van der Waals surface area contributed by atoms with Gasteiger partial charge in [0.15, 0.2) is 0 Å². The van der Waals surface area contributed by atoms with Gasteiger partial charge in [0.1, 0.15) is 13.2 Å². The van der Waals surface area contributed by atoms with Crippen molar-refractivity contribution < 1.29 is 23.8 Å². The summed E-state index contributed by atoms with van der Waals surface area (Å²) in [6.07, 6.45) is 4.41. The van der Waals surface area contributed by atoms with Gasteiger partial charge in [0.25, 0.3) is 0 Å². The molecule has 0 bridgehead atoms. The van der Waals surface area contributed by atoms with Crippen molar-refractivity contribution in [1.29, 1.82) is 0 Å². The van der Waals surface area contributed by atoms with Gasteiger partial charge < -0.3 is 14.2 Å². The summed E-state index contributed by atoms with van der Waals surface area (Å²) >= 11 is 0. The van der Waals surface area contributed by atoms with Gasteiger partial charge >= 0.3 is 11.9 Å². The van der Waals surface area contributed by atoms with Crippen LogP contribution in [-0.4, -0.2) is 38.4 Å². The second-order valence-electron chi connectivity index (χ2n) is 3.97. The summed E-state index contributed by atoms with van der Waals surface area (Å²) in [7, 11) is 0. The number of esters is 2. The molecule has 17 heavy (non-hydrogen) atoms. The van der Waals surface area contributed by atoms with E-state index in [0.717, 1.165) is 25.7 Å². The highest BCUT2D eigenvalue weighted by Crippen LogP contribution is 2.07. The molecule has 1 fully saturated rings. The van der Waals surface area contributed by atoms with Gasteiger partial charge in [0.05, 0.1) is 13.2 Å². The smallest absolute Gasteiger partial charge is 0.305 e. The van der Waals surface area contributed by atoms with Crippen LogP contribution in [0.4, 0.5) is 0 Å². The van der Waals surface area contributed by atoms with Gasteiger partial charge in [-0.05, 0) is 12.8 Å². The summed E-state index contributed by atoms with van der Waals surface area (Å²) in [5.41, 5.74) is 0. The van der Waals surface area contributed by atoms with Crippen molar-refractivity contribution in [3.63, 3.8) is 0 Å². The van der Waals surface area contributed by atoms with Crippen LogP contribution in [0.5, 0.6) is 0 Å². The van der Waals surface area contributed by atoms with Crippen LogP contribution in [-0.2, 0) is 23.8 Å². The van der Waals surface area contributed by atoms with Gasteiger partial charge in [-0.15, -0.1) is 0 Å². The predicted octanol–water partition coefficient (Wildman–Crippen LogP) is 1.44. The third-order valence-electron chi connectivity index (χ3n) is 2.49. The molecule has 0 aromatic rings. The summed E-state index contributed by atoms with van der Waals surface area (Å²) < 4.78 is 15.1. The Hall–Kier alpha value is -1.10. The topological polar surface area (TPSA) is 61.8 Å². The molecule has 0 spiro atoms. The van der Waals surface area contributed by atoms with E-state index in [2.05, 4.69) is 0 Å². The van der Waals surface area contributed by atoms with Crippen LogP contribution < -0.4 is 0 Å². The summed E-state index contributed by atoms with van der Waals surface area (Å²) in [6.45, 7) is 1.24. The van der Waals surface area contributed by atoms with E-state index in [4.69, 9.17) is 14.2 Å². The standard InChI is InChI=1S/C12H20O5/c13-11-5-3-1-2-4-6-12(14)17-10-8-15-7-9-16-11/h1-10H2. The lowest BCUT2D eigenvalue weighted by Gasteiger charge is -2.06. The molecular weight excluding hydrogens is 224 g/mol. The highest BCUT2D eigenvalue weighted by molar-refractivity contribution is 5.69. The molecule has 1 rings (SSSR count). The van der Waals surface area contributed by atoms with E-state index in [9.17, 15) is 9.59 Å².